The number of nitrogens with one attached hydrogen (secondary N) is 1. The van der Waals surface area contributed by atoms with E-state index in [0.29, 0.717) is 12.5 Å². The van der Waals surface area contributed by atoms with Crippen molar-refractivity contribution in [3.05, 3.63) is 33.2 Å². The molecule has 3 heteroatoms. The number of hydrogen-bond acceptors (Lipinski definition) is 2. The Morgan fingerprint density at radius 1 is 1.27 bits per heavy atom. The molecule has 3 nitrogen and oxygen atoms in total. The van der Waals surface area contributed by atoms with Crippen molar-refractivity contribution in [2.75, 3.05) is 6.54 Å². The summed E-state index contributed by atoms with van der Waals surface area (Å²) in [5, 5.41) is 3.43. The largest absolute Gasteiger partial charge is 0.312 e. The third-order valence-corrected chi connectivity index (χ3v) is 4.63. The highest BCUT2D eigenvalue weighted by Crippen LogP contribution is 2.21. The highest BCUT2D eigenvalue weighted by Gasteiger charge is 2.17. The molecule has 0 aromatic carbocycles. The summed E-state index contributed by atoms with van der Waals surface area (Å²) in [7, 11) is 0. The molecule has 1 aliphatic carbocycles. The topological polar surface area (TPSA) is 34.0 Å². The van der Waals surface area contributed by atoms with E-state index in [2.05, 4.69) is 36.7 Å². The summed E-state index contributed by atoms with van der Waals surface area (Å²) in [4.78, 5) is 12.8. The SMILES string of the molecule is CCCCNCc1cc2c(n(CCC(C)C)c1=O)CCCC2. The van der Waals surface area contributed by atoms with Crippen LogP contribution < -0.4 is 10.9 Å². The van der Waals surface area contributed by atoms with Gasteiger partial charge in [0.05, 0.1) is 0 Å². The molecule has 0 saturated carbocycles. The van der Waals surface area contributed by atoms with Gasteiger partial charge in [-0.05, 0) is 62.6 Å². The van der Waals surface area contributed by atoms with Crippen molar-refractivity contribution in [2.45, 2.75) is 78.8 Å². The van der Waals surface area contributed by atoms with Gasteiger partial charge in [-0.2, -0.15) is 0 Å². The third kappa shape index (κ3) is 4.45. The van der Waals surface area contributed by atoms with E-state index >= 15 is 0 Å². The van der Waals surface area contributed by atoms with Crippen LogP contribution in [0.15, 0.2) is 10.9 Å². The van der Waals surface area contributed by atoms with E-state index in [1.54, 1.807) is 0 Å². The van der Waals surface area contributed by atoms with Gasteiger partial charge >= 0.3 is 0 Å². The van der Waals surface area contributed by atoms with Crippen LogP contribution in [0.2, 0.25) is 0 Å². The quantitative estimate of drug-likeness (QED) is 0.744. The molecule has 0 radical (unpaired) electrons. The molecule has 1 aromatic heterocycles. The predicted octanol–water partition coefficient (Wildman–Crippen LogP) is 3.66. The molecule has 1 heterocycles. The maximum atomic E-state index is 12.8. The Bertz CT molecular complexity index is 531. The van der Waals surface area contributed by atoms with E-state index < -0.39 is 0 Å². The molecule has 1 N–H and O–H groups in total. The van der Waals surface area contributed by atoms with Gasteiger partial charge in [0.25, 0.3) is 5.56 Å². The molecule has 0 amide bonds. The fraction of sp³-hybridized carbons (Fsp3) is 0.737. The van der Waals surface area contributed by atoms with Crippen LogP contribution in [0.3, 0.4) is 0 Å². The maximum absolute atomic E-state index is 12.8. The van der Waals surface area contributed by atoms with E-state index in [9.17, 15) is 4.79 Å². The highest BCUT2D eigenvalue weighted by atomic mass is 16.1. The zero-order chi connectivity index (χ0) is 15.9. The minimum absolute atomic E-state index is 0.241. The Kier molecular flexibility index (Phi) is 6.69. The van der Waals surface area contributed by atoms with Crippen LogP contribution in [0, 0.1) is 5.92 Å². The van der Waals surface area contributed by atoms with Gasteiger partial charge in [-0.3, -0.25) is 4.79 Å². The monoisotopic (exact) mass is 304 g/mol. The summed E-state index contributed by atoms with van der Waals surface area (Å²) < 4.78 is 2.09. The molecule has 0 aliphatic heterocycles. The van der Waals surface area contributed by atoms with Gasteiger partial charge in [-0.1, -0.05) is 27.2 Å². The first-order valence-corrected chi connectivity index (χ1v) is 9.08. The summed E-state index contributed by atoms with van der Waals surface area (Å²) in [6.45, 7) is 9.25. The fourth-order valence-electron chi connectivity index (χ4n) is 3.22. The summed E-state index contributed by atoms with van der Waals surface area (Å²) in [5.41, 5.74) is 3.93. The van der Waals surface area contributed by atoms with Gasteiger partial charge in [0.15, 0.2) is 0 Å². The Labute approximate surface area is 135 Å². The average Bonchev–Trinajstić information content (AvgIpc) is 2.51. The molecule has 0 atom stereocenters. The van der Waals surface area contributed by atoms with Crippen molar-refractivity contribution in [3.63, 3.8) is 0 Å². The first-order chi connectivity index (χ1) is 10.6. The molecule has 0 unspecified atom stereocenters. The van der Waals surface area contributed by atoms with Crippen LogP contribution in [0.1, 0.15) is 69.7 Å². The normalized spacial score (nSPS) is 14.4. The van der Waals surface area contributed by atoms with Crippen molar-refractivity contribution in [3.8, 4) is 0 Å². The minimum atomic E-state index is 0.241. The minimum Gasteiger partial charge on any atom is -0.312 e. The van der Waals surface area contributed by atoms with Crippen LogP contribution in [0.5, 0.6) is 0 Å². The molecule has 0 spiro atoms. The average molecular weight is 304 g/mol. The zero-order valence-electron chi connectivity index (χ0n) is 14.6. The third-order valence-electron chi connectivity index (χ3n) is 4.63. The molecular weight excluding hydrogens is 272 g/mol. The molecule has 22 heavy (non-hydrogen) atoms. The number of hydrogen-bond donors (Lipinski definition) is 1. The Morgan fingerprint density at radius 3 is 2.77 bits per heavy atom. The smallest absolute Gasteiger partial charge is 0.255 e. The number of nitrogens with zero attached hydrogens (tertiary/aromatic N) is 1. The number of aryl methyl sites for hydroxylation is 1. The lowest BCUT2D eigenvalue weighted by molar-refractivity contribution is 0.480. The van der Waals surface area contributed by atoms with Gasteiger partial charge in [0.2, 0.25) is 0 Å². The lowest BCUT2D eigenvalue weighted by atomic mass is 9.94. The van der Waals surface area contributed by atoms with E-state index in [4.69, 9.17) is 0 Å². The highest BCUT2D eigenvalue weighted by molar-refractivity contribution is 5.29. The van der Waals surface area contributed by atoms with Gasteiger partial charge < -0.3 is 9.88 Å². The second-order valence-electron chi connectivity index (χ2n) is 7.02. The second-order valence-corrected chi connectivity index (χ2v) is 7.02. The van der Waals surface area contributed by atoms with Crippen LogP contribution in [-0.2, 0) is 25.9 Å². The van der Waals surface area contributed by atoms with Crippen molar-refractivity contribution in [1.82, 2.24) is 9.88 Å². The maximum Gasteiger partial charge on any atom is 0.255 e. The fourth-order valence-corrected chi connectivity index (χ4v) is 3.22. The summed E-state index contributed by atoms with van der Waals surface area (Å²) in [6.07, 6.45) is 8.15. The van der Waals surface area contributed by atoms with Crippen molar-refractivity contribution >= 4 is 0 Å². The number of rotatable bonds is 8. The van der Waals surface area contributed by atoms with Gasteiger partial charge in [-0.25, -0.2) is 0 Å². The molecule has 0 bridgehead atoms. The molecule has 1 aromatic rings. The number of aromatic nitrogens is 1. The van der Waals surface area contributed by atoms with E-state index in [-0.39, 0.29) is 5.56 Å². The second kappa shape index (κ2) is 8.52. The molecule has 1 aliphatic rings. The number of pyridine rings is 1. The lowest BCUT2D eigenvalue weighted by Gasteiger charge is -2.23. The molecule has 124 valence electrons. The first kappa shape index (κ1) is 17.3. The van der Waals surface area contributed by atoms with Gasteiger partial charge in [-0.15, -0.1) is 0 Å². The number of fused-ring (bicyclic) bond motifs is 1. The van der Waals surface area contributed by atoms with Gasteiger partial charge in [0.1, 0.15) is 0 Å². The van der Waals surface area contributed by atoms with Crippen LogP contribution >= 0.6 is 0 Å². The van der Waals surface area contributed by atoms with Crippen molar-refractivity contribution in [2.24, 2.45) is 5.92 Å². The van der Waals surface area contributed by atoms with E-state index in [1.807, 2.05) is 0 Å². The van der Waals surface area contributed by atoms with Crippen molar-refractivity contribution < 1.29 is 0 Å². The lowest BCUT2D eigenvalue weighted by Crippen LogP contribution is -2.32. The first-order valence-electron chi connectivity index (χ1n) is 9.08. The van der Waals surface area contributed by atoms with Crippen LogP contribution in [-0.4, -0.2) is 11.1 Å². The predicted molar refractivity (Wildman–Crippen MR) is 93.4 cm³/mol. The number of unbranched alkanes of at least 4 members (excludes halogenated alkanes) is 1. The molecular formula is C19H32N2O. The van der Waals surface area contributed by atoms with Crippen molar-refractivity contribution in [1.29, 1.82) is 0 Å². The molecule has 0 fully saturated rings. The van der Waals surface area contributed by atoms with E-state index in [1.165, 1.54) is 36.9 Å². The Morgan fingerprint density at radius 2 is 2.05 bits per heavy atom. The summed E-state index contributed by atoms with van der Waals surface area (Å²) in [6, 6.07) is 2.18. The summed E-state index contributed by atoms with van der Waals surface area (Å²) in [5.74, 6) is 0.637. The molecule has 2 rings (SSSR count). The standard InChI is InChI=1S/C19H32N2O/c1-4-5-11-20-14-17-13-16-8-6-7-9-18(16)21(19(17)22)12-10-15(2)3/h13,15,20H,4-12,14H2,1-3H3. The van der Waals surface area contributed by atoms with E-state index in [0.717, 1.165) is 37.9 Å². The Balaban J connectivity index is 2.22. The van der Waals surface area contributed by atoms with Crippen LogP contribution in [0.25, 0.3) is 0 Å². The Hall–Kier alpha value is -1.09. The zero-order valence-corrected chi connectivity index (χ0v) is 14.6. The van der Waals surface area contributed by atoms with Gasteiger partial charge in [0, 0.05) is 24.3 Å². The summed E-state index contributed by atoms with van der Waals surface area (Å²) >= 11 is 0. The van der Waals surface area contributed by atoms with Crippen LogP contribution in [0.4, 0.5) is 0 Å². The molecule has 0 saturated heterocycles.